The van der Waals surface area contributed by atoms with Gasteiger partial charge < -0.3 is 10.2 Å². The Morgan fingerprint density at radius 3 is 2.39 bits per heavy atom. The van der Waals surface area contributed by atoms with Gasteiger partial charge in [0.15, 0.2) is 0 Å². The Labute approximate surface area is 202 Å². The standard InChI is InChI=1S/C30H48O3/c1-19(23(31)13-15-26(2,3)33)20-11-17-30(8)22-9-10-24-27(4,5)25(32)14-16-28(24,6)21(22)12-18-29(20,30)7/h9,13,15,19-21,23-24,31,33H,10-12,14,16-18H2,1-8H3. The molecule has 186 valence electrons. The third-order valence-corrected chi connectivity index (χ3v) is 11.5. The number of ketones is 1. The summed E-state index contributed by atoms with van der Waals surface area (Å²) < 4.78 is 0. The van der Waals surface area contributed by atoms with Crippen molar-refractivity contribution in [3.63, 3.8) is 0 Å². The molecule has 0 radical (unpaired) electrons. The molecule has 0 aromatic carbocycles. The van der Waals surface area contributed by atoms with Gasteiger partial charge in [0.2, 0.25) is 0 Å². The number of allylic oxidation sites excluding steroid dienone is 2. The molecule has 4 aliphatic rings. The first kappa shape index (κ1) is 25.2. The Balaban J connectivity index is 1.65. The van der Waals surface area contributed by atoms with Crippen molar-refractivity contribution in [3.05, 3.63) is 23.8 Å². The highest BCUT2D eigenvalue weighted by Gasteiger charge is 2.65. The maximum Gasteiger partial charge on any atom is 0.138 e. The number of hydrogen-bond donors (Lipinski definition) is 2. The Hall–Kier alpha value is -0.930. The Kier molecular flexibility index (Phi) is 5.94. The average molecular weight is 457 g/mol. The molecule has 4 rings (SSSR count). The van der Waals surface area contributed by atoms with Crippen LogP contribution in [0.4, 0.5) is 0 Å². The Morgan fingerprint density at radius 2 is 1.76 bits per heavy atom. The van der Waals surface area contributed by atoms with E-state index in [0.717, 1.165) is 25.7 Å². The Bertz CT molecular complexity index is 860. The maximum absolute atomic E-state index is 12.8. The van der Waals surface area contributed by atoms with Crippen molar-refractivity contribution < 1.29 is 15.0 Å². The van der Waals surface area contributed by atoms with Gasteiger partial charge in [0.1, 0.15) is 5.78 Å². The van der Waals surface area contributed by atoms with Crippen molar-refractivity contribution in [2.45, 2.75) is 112 Å². The topological polar surface area (TPSA) is 57.5 Å². The lowest BCUT2D eigenvalue weighted by Gasteiger charge is -2.63. The molecule has 3 saturated carbocycles. The second-order valence-electron chi connectivity index (χ2n) is 13.9. The predicted octanol–water partition coefficient (Wildman–Crippen LogP) is 6.48. The molecular weight excluding hydrogens is 408 g/mol. The molecule has 2 N–H and O–H groups in total. The molecule has 0 bridgehead atoms. The summed E-state index contributed by atoms with van der Waals surface area (Å²) in [5, 5.41) is 21.1. The van der Waals surface area contributed by atoms with Crippen LogP contribution in [-0.2, 0) is 4.79 Å². The van der Waals surface area contributed by atoms with Crippen LogP contribution in [0.3, 0.4) is 0 Å². The van der Waals surface area contributed by atoms with Gasteiger partial charge in [-0.2, -0.15) is 0 Å². The lowest BCUT2D eigenvalue weighted by Crippen LogP contribution is -2.57. The molecule has 0 saturated heterocycles. The van der Waals surface area contributed by atoms with E-state index in [1.165, 1.54) is 19.3 Å². The zero-order chi connectivity index (χ0) is 24.6. The SMILES string of the molecule is CC(C(O)C=CC(C)(C)O)C1CCC2(C)C3=CCC4C(C)(C)C(=O)CCC4(C)C3CCC12C. The minimum absolute atomic E-state index is 0.158. The first-order valence-electron chi connectivity index (χ1n) is 13.4. The van der Waals surface area contributed by atoms with Gasteiger partial charge in [0.25, 0.3) is 0 Å². The largest absolute Gasteiger partial charge is 0.389 e. The predicted molar refractivity (Wildman–Crippen MR) is 135 cm³/mol. The minimum Gasteiger partial charge on any atom is -0.389 e. The molecule has 33 heavy (non-hydrogen) atoms. The zero-order valence-corrected chi connectivity index (χ0v) is 22.4. The summed E-state index contributed by atoms with van der Waals surface area (Å²) in [6, 6.07) is 0. The molecule has 0 spiro atoms. The van der Waals surface area contributed by atoms with Gasteiger partial charge in [-0.3, -0.25) is 4.79 Å². The van der Waals surface area contributed by atoms with Gasteiger partial charge in [-0.25, -0.2) is 0 Å². The smallest absolute Gasteiger partial charge is 0.138 e. The van der Waals surface area contributed by atoms with Crippen LogP contribution in [0.2, 0.25) is 0 Å². The molecule has 8 atom stereocenters. The number of rotatable bonds is 4. The zero-order valence-electron chi connectivity index (χ0n) is 22.4. The normalized spacial score (nSPS) is 44.6. The van der Waals surface area contributed by atoms with Crippen LogP contribution in [0, 0.1) is 45.3 Å². The molecular formula is C30H48O3. The summed E-state index contributed by atoms with van der Waals surface area (Å²) in [5.74, 6) is 2.09. The average Bonchev–Trinajstić information content (AvgIpc) is 3.00. The summed E-state index contributed by atoms with van der Waals surface area (Å²) >= 11 is 0. The molecule has 3 nitrogen and oxygen atoms in total. The monoisotopic (exact) mass is 456 g/mol. The van der Waals surface area contributed by atoms with Crippen LogP contribution < -0.4 is 0 Å². The van der Waals surface area contributed by atoms with Crippen molar-refractivity contribution in [2.75, 3.05) is 0 Å². The van der Waals surface area contributed by atoms with Gasteiger partial charge in [0, 0.05) is 11.8 Å². The summed E-state index contributed by atoms with van der Waals surface area (Å²) in [6.45, 7) is 17.6. The van der Waals surface area contributed by atoms with Crippen molar-refractivity contribution in [2.24, 2.45) is 45.3 Å². The van der Waals surface area contributed by atoms with Gasteiger partial charge in [-0.05, 0) is 92.3 Å². The minimum atomic E-state index is -0.902. The van der Waals surface area contributed by atoms with E-state index in [0.29, 0.717) is 23.5 Å². The molecule has 4 aliphatic carbocycles. The summed E-state index contributed by atoms with van der Waals surface area (Å²) in [4.78, 5) is 12.8. The second kappa shape index (κ2) is 7.79. The third-order valence-electron chi connectivity index (χ3n) is 11.5. The van der Waals surface area contributed by atoms with Crippen LogP contribution in [0.1, 0.15) is 100 Å². The number of aliphatic hydroxyl groups is 2. The maximum atomic E-state index is 12.8. The van der Waals surface area contributed by atoms with Crippen molar-refractivity contribution >= 4 is 5.78 Å². The van der Waals surface area contributed by atoms with E-state index in [4.69, 9.17) is 0 Å². The molecule has 8 unspecified atom stereocenters. The molecule has 3 fully saturated rings. The summed E-state index contributed by atoms with van der Waals surface area (Å²) in [5.41, 5.74) is 1.10. The fourth-order valence-electron chi connectivity index (χ4n) is 9.14. The first-order valence-corrected chi connectivity index (χ1v) is 13.4. The second-order valence-corrected chi connectivity index (χ2v) is 13.9. The molecule has 0 aromatic heterocycles. The molecule has 3 heteroatoms. The van der Waals surface area contributed by atoms with Crippen molar-refractivity contribution in [3.8, 4) is 0 Å². The third kappa shape index (κ3) is 3.63. The number of aliphatic hydroxyl groups excluding tert-OH is 1. The summed E-state index contributed by atoms with van der Waals surface area (Å²) in [7, 11) is 0. The van der Waals surface area contributed by atoms with Crippen LogP contribution in [0.5, 0.6) is 0 Å². The van der Waals surface area contributed by atoms with E-state index in [1.807, 2.05) is 6.08 Å². The van der Waals surface area contributed by atoms with Gasteiger partial charge in [-0.15, -0.1) is 0 Å². The lowest BCUT2D eigenvalue weighted by atomic mass is 9.41. The fourth-order valence-corrected chi connectivity index (χ4v) is 9.14. The van der Waals surface area contributed by atoms with E-state index in [-0.39, 0.29) is 27.6 Å². The van der Waals surface area contributed by atoms with Gasteiger partial charge >= 0.3 is 0 Å². The van der Waals surface area contributed by atoms with E-state index in [9.17, 15) is 15.0 Å². The summed E-state index contributed by atoms with van der Waals surface area (Å²) in [6.07, 6.45) is 13.1. The lowest BCUT2D eigenvalue weighted by molar-refractivity contribution is -0.146. The van der Waals surface area contributed by atoms with Gasteiger partial charge in [0.05, 0.1) is 11.7 Å². The van der Waals surface area contributed by atoms with Crippen LogP contribution in [0.25, 0.3) is 0 Å². The molecule has 0 aromatic rings. The van der Waals surface area contributed by atoms with Crippen molar-refractivity contribution in [1.29, 1.82) is 0 Å². The quantitative estimate of drug-likeness (QED) is 0.476. The van der Waals surface area contributed by atoms with Crippen LogP contribution in [0.15, 0.2) is 23.8 Å². The highest BCUT2D eigenvalue weighted by atomic mass is 16.3. The van der Waals surface area contributed by atoms with E-state index >= 15 is 0 Å². The Morgan fingerprint density at radius 1 is 1.09 bits per heavy atom. The fraction of sp³-hybridized carbons (Fsp3) is 0.833. The van der Waals surface area contributed by atoms with E-state index < -0.39 is 11.7 Å². The van der Waals surface area contributed by atoms with Gasteiger partial charge in [-0.1, -0.05) is 65.3 Å². The molecule has 0 amide bonds. The first-order chi connectivity index (χ1) is 15.1. The number of carbonyl (C=O) groups is 1. The van der Waals surface area contributed by atoms with E-state index in [2.05, 4.69) is 47.6 Å². The van der Waals surface area contributed by atoms with Crippen LogP contribution in [-0.4, -0.2) is 27.7 Å². The number of carbonyl (C=O) groups excluding carboxylic acids is 1. The number of Topliss-reactive ketones (excluding diaryl/α,β-unsaturated/α-hetero) is 1. The number of hydrogen-bond acceptors (Lipinski definition) is 3. The van der Waals surface area contributed by atoms with Crippen molar-refractivity contribution in [1.82, 2.24) is 0 Å². The highest BCUT2D eigenvalue weighted by Crippen LogP contribution is 2.73. The number of fused-ring (bicyclic) bond motifs is 5. The van der Waals surface area contributed by atoms with E-state index in [1.54, 1.807) is 25.5 Å². The molecule has 0 heterocycles. The molecule has 0 aliphatic heterocycles. The highest BCUT2D eigenvalue weighted by molar-refractivity contribution is 5.85. The van der Waals surface area contributed by atoms with Crippen LogP contribution >= 0.6 is 0 Å².